The van der Waals surface area contributed by atoms with E-state index >= 15 is 0 Å². The van der Waals surface area contributed by atoms with Gasteiger partial charge in [-0.25, -0.2) is 4.98 Å². The minimum absolute atomic E-state index is 0.219. The number of carbonyl (C=O) groups is 1. The molecule has 0 saturated carbocycles. The lowest BCUT2D eigenvalue weighted by atomic mass is 10.3. The monoisotopic (exact) mass is 381 g/mol. The standard InChI is InChI=1S/C20H27N7O/c1-2-25-16-22-23-19(25)14-24-9-5-10-26(13-12-24)20(28)8-11-27-15-21-17-6-3-4-7-18(17)27/h3-4,6-7,15-16H,2,5,8-14H2,1H3. The number of fused-ring (bicyclic) bond motifs is 1. The van der Waals surface area contributed by atoms with Crippen molar-refractivity contribution in [3.05, 3.63) is 42.7 Å². The number of hydrogen-bond donors (Lipinski definition) is 0. The molecule has 0 N–H and O–H groups in total. The van der Waals surface area contributed by atoms with Crippen LogP contribution in [0.25, 0.3) is 11.0 Å². The summed E-state index contributed by atoms with van der Waals surface area (Å²) in [6, 6.07) is 8.03. The number of aromatic nitrogens is 5. The Labute approximate surface area is 164 Å². The van der Waals surface area contributed by atoms with Gasteiger partial charge in [-0.1, -0.05) is 12.1 Å². The van der Waals surface area contributed by atoms with E-state index in [4.69, 9.17) is 0 Å². The summed E-state index contributed by atoms with van der Waals surface area (Å²) < 4.78 is 4.14. The Morgan fingerprint density at radius 2 is 1.96 bits per heavy atom. The third-order valence-electron chi connectivity index (χ3n) is 5.44. The maximum Gasteiger partial charge on any atom is 0.224 e. The molecule has 0 spiro atoms. The average Bonchev–Trinajstić information content (AvgIpc) is 3.27. The Hall–Kier alpha value is -2.74. The molecular formula is C20H27N7O. The molecule has 1 aliphatic heterocycles. The third kappa shape index (κ3) is 4.06. The normalized spacial score (nSPS) is 15.8. The molecule has 1 amide bonds. The van der Waals surface area contributed by atoms with Gasteiger partial charge >= 0.3 is 0 Å². The summed E-state index contributed by atoms with van der Waals surface area (Å²) in [5, 5.41) is 8.24. The fraction of sp³-hybridized carbons (Fsp3) is 0.500. The van der Waals surface area contributed by atoms with E-state index in [2.05, 4.69) is 36.1 Å². The zero-order valence-electron chi connectivity index (χ0n) is 16.4. The summed E-state index contributed by atoms with van der Waals surface area (Å²) in [5.74, 6) is 1.21. The van der Waals surface area contributed by atoms with Crippen LogP contribution < -0.4 is 0 Å². The van der Waals surface area contributed by atoms with Gasteiger partial charge < -0.3 is 14.0 Å². The Morgan fingerprint density at radius 1 is 1.07 bits per heavy atom. The molecule has 8 nitrogen and oxygen atoms in total. The third-order valence-corrected chi connectivity index (χ3v) is 5.44. The average molecular weight is 381 g/mol. The Morgan fingerprint density at radius 3 is 2.86 bits per heavy atom. The maximum absolute atomic E-state index is 12.8. The SMILES string of the molecule is CCn1cnnc1CN1CCCN(C(=O)CCn2cnc3ccccc32)CC1. The molecule has 28 heavy (non-hydrogen) atoms. The number of imidazole rings is 1. The zero-order chi connectivity index (χ0) is 19.3. The van der Waals surface area contributed by atoms with Crippen molar-refractivity contribution in [3.8, 4) is 0 Å². The highest BCUT2D eigenvalue weighted by molar-refractivity contribution is 5.77. The van der Waals surface area contributed by atoms with Gasteiger partial charge in [0.15, 0.2) is 0 Å². The number of amides is 1. The first-order chi connectivity index (χ1) is 13.7. The van der Waals surface area contributed by atoms with Crippen molar-refractivity contribution in [3.63, 3.8) is 0 Å². The number of hydrogen-bond acceptors (Lipinski definition) is 5. The van der Waals surface area contributed by atoms with Crippen molar-refractivity contribution >= 4 is 16.9 Å². The predicted octanol–water partition coefficient (Wildman–Crippen LogP) is 1.77. The van der Waals surface area contributed by atoms with Crippen LogP contribution in [0.1, 0.15) is 25.6 Å². The first-order valence-corrected chi connectivity index (χ1v) is 10.0. The highest BCUT2D eigenvalue weighted by atomic mass is 16.2. The molecule has 0 aliphatic carbocycles. The van der Waals surface area contributed by atoms with Gasteiger partial charge in [0.2, 0.25) is 5.91 Å². The largest absolute Gasteiger partial charge is 0.341 e. The van der Waals surface area contributed by atoms with Crippen LogP contribution in [0.4, 0.5) is 0 Å². The second kappa shape index (κ2) is 8.52. The molecule has 0 bridgehead atoms. The molecule has 148 valence electrons. The number of nitrogens with zero attached hydrogens (tertiary/aromatic N) is 7. The van der Waals surface area contributed by atoms with Crippen molar-refractivity contribution in [2.75, 3.05) is 26.2 Å². The summed E-state index contributed by atoms with van der Waals surface area (Å²) in [6.45, 7) is 7.87. The molecule has 8 heteroatoms. The van der Waals surface area contributed by atoms with Crippen LogP contribution in [0, 0.1) is 0 Å². The lowest BCUT2D eigenvalue weighted by Gasteiger charge is -2.22. The minimum Gasteiger partial charge on any atom is -0.341 e. The van der Waals surface area contributed by atoms with Crippen molar-refractivity contribution in [2.45, 2.75) is 39.4 Å². The van der Waals surface area contributed by atoms with Gasteiger partial charge in [-0.15, -0.1) is 10.2 Å². The Kier molecular flexibility index (Phi) is 5.66. The van der Waals surface area contributed by atoms with Crippen LogP contribution in [-0.4, -0.2) is 66.2 Å². The smallest absolute Gasteiger partial charge is 0.224 e. The van der Waals surface area contributed by atoms with Crippen LogP contribution in [0.5, 0.6) is 0 Å². The minimum atomic E-state index is 0.219. The van der Waals surface area contributed by atoms with E-state index < -0.39 is 0 Å². The van der Waals surface area contributed by atoms with Gasteiger partial charge in [-0.2, -0.15) is 0 Å². The number of aryl methyl sites for hydroxylation is 2. The molecule has 3 heterocycles. The number of carbonyl (C=O) groups excluding carboxylic acids is 1. The topological polar surface area (TPSA) is 72.1 Å². The van der Waals surface area contributed by atoms with Crippen LogP contribution in [0.2, 0.25) is 0 Å². The maximum atomic E-state index is 12.8. The van der Waals surface area contributed by atoms with E-state index in [1.165, 1.54) is 0 Å². The van der Waals surface area contributed by atoms with Crippen molar-refractivity contribution in [2.24, 2.45) is 0 Å². The van der Waals surface area contributed by atoms with E-state index in [-0.39, 0.29) is 5.91 Å². The molecule has 0 radical (unpaired) electrons. The first kappa shape index (κ1) is 18.6. The van der Waals surface area contributed by atoms with E-state index in [0.29, 0.717) is 13.0 Å². The lowest BCUT2D eigenvalue weighted by Crippen LogP contribution is -2.35. The molecule has 1 aromatic carbocycles. The molecule has 1 saturated heterocycles. The van der Waals surface area contributed by atoms with E-state index in [1.807, 2.05) is 35.5 Å². The van der Waals surface area contributed by atoms with Crippen LogP contribution in [0.15, 0.2) is 36.9 Å². The van der Waals surface area contributed by atoms with Gasteiger partial charge in [0, 0.05) is 45.7 Å². The molecule has 2 aromatic heterocycles. The Balaban J connectivity index is 1.30. The van der Waals surface area contributed by atoms with E-state index in [1.54, 1.807) is 6.33 Å². The molecule has 3 aromatic rings. The van der Waals surface area contributed by atoms with Crippen molar-refractivity contribution in [1.29, 1.82) is 0 Å². The molecule has 0 unspecified atom stereocenters. The van der Waals surface area contributed by atoms with Crippen molar-refractivity contribution in [1.82, 2.24) is 34.1 Å². The number of rotatable bonds is 6. The van der Waals surface area contributed by atoms with E-state index in [0.717, 1.165) is 62.5 Å². The second-order valence-corrected chi connectivity index (χ2v) is 7.22. The van der Waals surface area contributed by atoms with Gasteiger partial charge in [0.1, 0.15) is 12.2 Å². The van der Waals surface area contributed by atoms with Gasteiger partial charge in [0.05, 0.1) is 23.9 Å². The Bertz CT molecular complexity index is 931. The van der Waals surface area contributed by atoms with Gasteiger partial charge in [0.25, 0.3) is 0 Å². The highest BCUT2D eigenvalue weighted by Gasteiger charge is 2.20. The summed E-state index contributed by atoms with van der Waals surface area (Å²) >= 11 is 0. The lowest BCUT2D eigenvalue weighted by molar-refractivity contribution is -0.131. The quantitative estimate of drug-likeness (QED) is 0.651. The fourth-order valence-corrected chi connectivity index (χ4v) is 3.81. The van der Waals surface area contributed by atoms with Crippen LogP contribution in [0.3, 0.4) is 0 Å². The highest BCUT2D eigenvalue weighted by Crippen LogP contribution is 2.13. The molecule has 1 fully saturated rings. The molecular weight excluding hydrogens is 354 g/mol. The molecule has 1 aliphatic rings. The summed E-state index contributed by atoms with van der Waals surface area (Å²) in [5.41, 5.74) is 2.05. The van der Waals surface area contributed by atoms with Gasteiger partial charge in [-0.05, 0) is 25.5 Å². The van der Waals surface area contributed by atoms with Gasteiger partial charge in [-0.3, -0.25) is 9.69 Å². The summed E-state index contributed by atoms with van der Waals surface area (Å²) in [7, 11) is 0. The van der Waals surface area contributed by atoms with Crippen LogP contribution >= 0.6 is 0 Å². The number of para-hydroxylation sites is 2. The first-order valence-electron chi connectivity index (χ1n) is 10.0. The number of benzene rings is 1. The van der Waals surface area contributed by atoms with Crippen molar-refractivity contribution < 1.29 is 4.79 Å². The molecule has 0 atom stereocenters. The fourth-order valence-electron chi connectivity index (χ4n) is 3.81. The van der Waals surface area contributed by atoms with Crippen LogP contribution in [-0.2, 0) is 24.4 Å². The predicted molar refractivity (Wildman–Crippen MR) is 107 cm³/mol. The zero-order valence-corrected chi connectivity index (χ0v) is 16.4. The molecule has 4 rings (SSSR count). The summed E-state index contributed by atoms with van der Waals surface area (Å²) in [6.07, 6.45) is 5.10. The van der Waals surface area contributed by atoms with E-state index in [9.17, 15) is 4.79 Å². The summed E-state index contributed by atoms with van der Waals surface area (Å²) in [4.78, 5) is 21.5. The second-order valence-electron chi connectivity index (χ2n) is 7.22.